The first-order valence-electron chi connectivity index (χ1n) is 3.56. The van der Waals surface area contributed by atoms with Crippen LogP contribution in [-0.4, -0.2) is 5.97 Å². The van der Waals surface area contributed by atoms with Crippen LogP contribution in [0.2, 0.25) is 0 Å². The van der Waals surface area contributed by atoms with E-state index in [1.165, 1.54) is 0 Å². The minimum atomic E-state index is -2.33. The van der Waals surface area contributed by atoms with E-state index in [0.29, 0.717) is 0 Å². The maximum atomic E-state index is 12.8. The molecule has 1 aromatic rings. The highest BCUT2D eigenvalue weighted by Crippen LogP contribution is 2.22. The molecule has 2 nitrogen and oxygen atoms in total. The number of carbonyl (C=O) groups is 1. The number of carbonyl (C=O) groups excluding carboxylic acids is 1. The third kappa shape index (κ3) is 1.90. The number of aliphatic carboxylic acids is 1. The molecule has 0 radical (unpaired) electrons. The second-order valence-electron chi connectivity index (χ2n) is 2.60. The molecule has 0 aliphatic heterocycles. The summed E-state index contributed by atoms with van der Waals surface area (Å²) in [6, 6.07) is 0. The van der Waals surface area contributed by atoms with Gasteiger partial charge in [0.05, 0.1) is 0 Å². The first-order valence-corrected chi connectivity index (χ1v) is 3.56. The summed E-state index contributed by atoms with van der Waals surface area (Å²) in [5.74, 6) is -12.9. The van der Waals surface area contributed by atoms with Gasteiger partial charge in [-0.3, -0.25) is 0 Å². The highest BCUT2D eigenvalue weighted by atomic mass is 19.2. The SMILES string of the molecule is O=C([O-])Cc1c(F)c(F)c(F)c(F)c1F. The number of benzene rings is 1. The van der Waals surface area contributed by atoms with Crippen LogP contribution >= 0.6 is 0 Å². The second-order valence-corrected chi connectivity index (χ2v) is 2.60. The molecule has 7 heteroatoms. The van der Waals surface area contributed by atoms with E-state index in [-0.39, 0.29) is 0 Å². The van der Waals surface area contributed by atoms with Crippen LogP contribution in [0.3, 0.4) is 0 Å². The van der Waals surface area contributed by atoms with Crippen LogP contribution in [0.15, 0.2) is 0 Å². The van der Waals surface area contributed by atoms with E-state index in [2.05, 4.69) is 0 Å². The topological polar surface area (TPSA) is 40.1 Å². The summed E-state index contributed by atoms with van der Waals surface area (Å²) in [5.41, 5.74) is -1.41. The quantitative estimate of drug-likeness (QED) is 0.421. The number of halogens is 5. The molecule has 15 heavy (non-hydrogen) atoms. The maximum Gasteiger partial charge on any atom is 0.200 e. The number of carboxylic acids is 1. The van der Waals surface area contributed by atoms with Crippen molar-refractivity contribution in [1.29, 1.82) is 0 Å². The molecule has 0 spiro atoms. The van der Waals surface area contributed by atoms with E-state index in [1.54, 1.807) is 0 Å². The molecule has 0 saturated carbocycles. The summed E-state index contributed by atoms with van der Waals surface area (Å²) >= 11 is 0. The van der Waals surface area contributed by atoms with E-state index in [1.807, 2.05) is 0 Å². The zero-order valence-corrected chi connectivity index (χ0v) is 6.91. The lowest BCUT2D eigenvalue weighted by molar-refractivity contribution is -0.304. The molecule has 0 aromatic heterocycles. The number of rotatable bonds is 2. The van der Waals surface area contributed by atoms with Crippen molar-refractivity contribution in [3.8, 4) is 0 Å². The van der Waals surface area contributed by atoms with Crippen molar-refractivity contribution in [2.75, 3.05) is 0 Å². The smallest absolute Gasteiger partial charge is 0.200 e. The molecule has 0 heterocycles. The Morgan fingerprint density at radius 1 is 0.867 bits per heavy atom. The molecule has 0 unspecified atom stereocenters. The molecular formula is C8H2F5O2-. The Morgan fingerprint density at radius 2 is 1.20 bits per heavy atom. The standard InChI is InChI=1S/C8H3F5O2/c9-4-2(1-3(14)15)5(10)7(12)8(13)6(4)11/h1H2,(H,14,15)/p-1. The zero-order valence-electron chi connectivity index (χ0n) is 6.91. The van der Waals surface area contributed by atoms with Crippen molar-refractivity contribution in [3.05, 3.63) is 34.6 Å². The molecule has 0 atom stereocenters. The molecule has 0 bridgehead atoms. The maximum absolute atomic E-state index is 12.8. The average molecular weight is 225 g/mol. The minimum Gasteiger partial charge on any atom is -0.550 e. The Bertz CT molecular complexity index is 401. The lowest BCUT2D eigenvalue weighted by Crippen LogP contribution is -2.26. The molecular weight excluding hydrogens is 223 g/mol. The average Bonchev–Trinajstić information content (AvgIpc) is 2.18. The number of hydrogen-bond acceptors (Lipinski definition) is 2. The lowest BCUT2D eigenvalue weighted by atomic mass is 10.1. The molecule has 0 fully saturated rings. The molecule has 1 rings (SSSR count). The van der Waals surface area contributed by atoms with Crippen LogP contribution < -0.4 is 5.11 Å². The van der Waals surface area contributed by atoms with Crippen LogP contribution in [-0.2, 0) is 11.2 Å². The van der Waals surface area contributed by atoms with Gasteiger partial charge in [-0.2, -0.15) is 0 Å². The van der Waals surface area contributed by atoms with Crippen molar-refractivity contribution >= 4 is 5.97 Å². The Morgan fingerprint density at radius 3 is 1.53 bits per heavy atom. The van der Waals surface area contributed by atoms with Crippen molar-refractivity contribution in [3.63, 3.8) is 0 Å². The Kier molecular flexibility index (Phi) is 2.92. The summed E-state index contributed by atoms with van der Waals surface area (Å²) in [4.78, 5) is 10.00. The zero-order chi connectivity index (χ0) is 11.7. The molecule has 0 saturated heterocycles. The van der Waals surface area contributed by atoms with Gasteiger partial charge >= 0.3 is 0 Å². The highest BCUT2D eigenvalue weighted by Gasteiger charge is 2.25. The van der Waals surface area contributed by atoms with E-state index in [9.17, 15) is 31.9 Å². The van der Waals surface area contributed by atoms with Gasteiger partial charge in [-0.1, -0.05) is 0 Å². The Labute approximate surface area is 79.9 Å². The van der Waals surface area contributed by atoms with Gasteiger partial charge in [-0.15, -0.1) is 0 Å². The van der Waals surface area contributed by atoms with Crippen LogP contribution in [0.25, 0.3) is 0 Å². The van der Waals surface area contributed by atoms with Gasteiger partial charge in [-0.25, -0.2) is 22.0 Å². The van der Waals surface area contributed by atoms with Crippen LogP contribution in [0.4, 0.5) is 22.0 Å². The summed E-state index contributed by atoms with van der Waals surface area (Å²) in [6.07, 6.45) is -1.38. The molecule has 82 valence electrons. The fraction of sp³-hybridized carbons (Fsp3) is 0.125. The predicted molar refractivity (Wildman–Crippen MR) is 34.9 cm³/mol. The summed E-state index contributed by atoms with van der Waals surface area (Å²) in [6.45, 7) is 0. The molecule has 0 amide bonds. The lowest BCUT2D eigenvalue weighted by Gasteiger charge is -2.08. The highest BCUT2D eigenvalue weighted by molar-refractivity contribution is 5.68. The first-order chi connectivity index (χ1) is 6.86. The Hall–Kier alpha value is -1.66. The van der Waals surface area contributed by atoms with Gasteiger partial charge in [-0.05, 0) is 0 Å². The van der Waals surface area contributed by atoms with Gasteiger partial charge in [0.2, 0.25) is 5.82 Å². The molecule has 0 aliphatic carbocycles. The van der Waals surface area contributed by atoms with E-state index < -0.39 is 47.0 Å². The molecule has 0 aliphatic rings. The van der Waals surface area contributed by atoms with Crippen LogP contribution in [0, 0.1) is 29.1 Å². The fourth-order valence-electron chi connectivity index (χ4n) is 0.950. The van der Waals surface area contributed by atoms with Crippen molar-refractivity contribution < 1.29 is 31.9 Å². The third-order valence-electron chi connectivity index (χ3n) is 1.62. The fourth-order valence-corrected chi connectivity index (χ4v) is 0.950. The van der Waals surface area contributed by atoms with Crippen LogP contribution in [0.1, 0.15) is 5.56 Å². The summed E-state index contributed by atoms with van der Waals surface area (Å²) in [5, 5.41) is 10.00. The van der Waals surface area contributed by atoms with Crippen molar-refractivity contribution in [1.82, 2.24) is 0 Å². The number of hydrogen-bond donors (Lipinski definition) is 0. The van der Waals surface area contributed by atoms with Gasteiger partial charge in [0.25, 0.3) is 0 Å². The number of carboxylic acid groups (broad SMARTS) is 1. The summed E-state index contributed by atoms with van der Waals surface area (Å²) in [7, 11) is 0. The first kappa shape index (κ1) is 11.4. The van der Waals surface area contributed by atoms with Gasteiger partial charge in [0.15, 0.2) is 23.3 Å². The molecule has 1 aromatic carbocycles. The van der Waals surface area contributed by atoms with E-state index in [4.69, 9.17) is 0 Å². The normalized spacial score (nSPS) is 10.5. The van der Waals surface area contributed by atoms with Crippen molar-refractivity contribution in [2.24, 2.45) is 0 Å². The van der Waals surface area contributed by atoms with E-state index >= 15 is 0 Å². The molecule has 0 N–H and O–H groups in total. The minimum absolute atomic E-state index is 1.38. The van der Waals surface area contributed by atoms with Crippen LogP contribution in [0.5, 0.6) is 0 Å². The monoisotopic (exact) mass is 225 g/mol. The Balaban J connectivity index is 3.45. The largest absolute Gasteiger partial charge is 0.550 e. The van der Waals surface area contributed by atoms with E-state index in [0.717, 1.165) is 0 Å². The predicted octanol–water partition coefficient (Wildman–Crippen LogP) is 0.674. The van der Waals surface area contributed by atoms with Crippen molar-refractivity contribution in [2.45, 2.75) is 6.42 Å². The van der Waals surface area contributed by atoms with Gasteiger partial charge < -0.3 is 9.90 Å². The summed E-state index contributed by atoms with van der Waals surface area (Å²) < 4.78 is 62.9. The van der Waals surface area contributed by atoms with Gasteiger partial charge in [0.1, 0.15) is 0 Å². The second kappa shape index (κ2) is 3.84. The van der Waals surface area contributed by atoms with Gasteiger partial charge in [0, 0.05) is 18.0 Å². The third-order valence-corrected chi connectivity index (χ3v) is 1.62.